The standard InChI is InChI=1S/C17H19BrFN5O/c18-13-2-3-15(14(19)12-13)22-16(25)4-7-23-8-10-24(11-9-23)17-20-5-1-6-21-17/h1-3,5-6,12H,4,7-11H2,(H,22,25). The second kappa shape index (κ2) is 8.35. The number of amides is 1. The van der Waals surface area contributed by atoms with Crippen LogP contribution in [0.4, 0.5) is 16.0 Å². The molecule has 0 unspecified atom stereocenters. The summed E-state index contributed by atoms with van der Waals surface area (Å²) in [6.07, 6.45) is 3.80. The van der Waals surface area contributed by atoms with Crippen molar-refractivity contribution in [2.24, 2.45) is 0 Å². The molecule has 1 fully saturated rings. The molecule has 1 amide bonds. The smallest absolute Gasteiger partial charge is 0.225 e. The highest BCUT2D eigenvalue weighted by molar-refractivity contribution is 9.10. The third kappa shape index (κ3) is 4.96. The minimum absolute atomic E-state index is 0.185. The van der Waals surface area contributed by atoms with Gasteiger partial charge in [0.2, 0.25) is 11.9 Å². The lowest BCUT2D eigenvalue weighted by Gasteiger charge is -2.34. The Morgan fingerprint density at radius 2 is 1.92 bits per heavy atom. The summed E-state index contributed by atoms with van der Waals surface area (Å²) in [5.74, 6) is 0.111. The van der Waals surface area contributed by atoms with Gasteiger partial charge in [-0.15, -0.1) is 0 Å². The second-order valence-electron chi connectivity index (χ2n) is 5.80. The fraction of sp³-hybridized carbons (Fsp3) is 0.353. The summed E-state index contributed by atoms with van der Waals surface area (Å²) in [7, 11) is 0. The summed E-state index contributed by atoms with van der Waals surface area (Å²) in [6, 6.07) is 6.38. The van der Waals surface area contributed by atoms with E-state index in [2.05, 4.69) is 41.0 Å². The predicted molar refractivity (Wildman–Crippen MR) is 98.0 cm³/mol. The molecule has 1 saturated heterocycles. The highest BCUT2D eigenvalue weighted by Crippen LogP contribution is 2.19. The van der Waals surface area contributed by atoms with Crippen LogP contribution >= 0.6 is 15.9 Å². The van der Waals surface area contributed by atoms with E-state index in [0.717, 1.165) is 32.1 Å². The second-order valence-corrected chi connectivity index (χ2v) is 6.72. The highest BCUT2D eigenvalue weighted by Gasteiger charge is 2.19. The molecule has 132 valence electrons. The van der Waals surface area contributed by atoms with Crippen molar-refractivity contribution in [1.82, 2.24) is 14.9 Å². The van der Waals surface area contributed by atoms with Crippen molar-refractivity contribution in [3.63, 3.8) is 0 Å². The number of rotatable bonds is 5. The highest BCUT2D eigenvalue weighted by atomic mass is 79.9. The lowest BCUT2D eigenvalue weighted by atomic mass is 10.2. The van der Waals surface area contributed by atoms with Gasteiger partial charge in [0.25, 0.3) is 0 Å². The van der Waals surface area contributed by atoms with Crippen LogP contribution in [0.25, 0.3) is 0 Å². The summed E-state index contributed by atoms with van der Waals surface area (Å²) < 4.78 is 14.4. The maximum atomic E-state index is 13.7. The van der Waals surface area contributed by atoms with Crippen molar-refractivity contribution in [2.75, 3.05) is 42.9 Å². The largest absolute Gasteiger partial charge is 0.338 e. The summed E-state index contributed by atoms with van der Waals surface area (Å²) in [6.45, 7) is 3.99. The maximum absolute atomic E-state index is 13.7. The van der Waals surface area contributed by atoms with Gasteiger partial charge in [-0.2, -0.15) is 0 Å². The zero-order valence-corrected chi connectivity index (χ0v) is 15.2. The van der Waals surface area contributed by atoms with Gasteiger partial charge in [0.05, 0.1) is 5.69 Å². The SMILES string of the molecule is O=C(CCN1CCN(c2ncccn2)CC1)Nc1ccc(Br)cc1F. The molecule has 1 aliphatic heterocycles. The lowest BCUT2D eigenvalue weighted by Crippen LogP contribution is -2.47. The number of hydrogen-bond acceptors (Lipinski definition) is 5. The molecule has 0 bridgehead atoms. The first kappa shape index (κ1) is 17.8. The molecule has 2 heterocycles. The summed E-state index contributed by atoms with van der Waals surface area (Å²) in [4.78, 5) is 24.9. The molecule has 0 aliphatic carbocycles. The summed E-state index contributed by atoms with van der Waals surface area (Å²) in [5, 5.41) is 2.62. The van der Waals surface area contributed by atoms with Crippen LogP contribution in [0, 0.1) is 5.82 Å². The molecule has 8 heteroatoms. The number of hydrogen-bond donors (Lipinski definition) is 1. The van der Waals surface area contributed by atoms with Crippen LogP contribution in [0.1, 0.15) is 6.42 Å². The molecule has 3 rings (SSSR count). The first-order chi connectivity index (χ1) is 12.1. The van der Waals surface area contributed by atoms with Crippen LogP contribution in [0.3, 0.4) is 0 Å². The number of carbonyl (C=O) groups is 1. The summed E-state index contributed by atoms with van der Waals surface area (Å²) >= 11 is 3.19. The van der Waals surface area contributed by atoms with E-state index in [9.17, 15) is 9.18 Å². The van der Waals surface area contributed by atoms with Crippen LogP contribution in [-0.4, -0.2) is 53.5 Å². The van der Waals surface area contributed by atoms with Crippen LogP contribution in [0.15, 0.2) is 41.1 Å². The predicted octanol–water partition coefficient (Wildman–Crippen LogP) is 2.53. The number of anilines is 2. The van der Waals surface area contributed by atoms with Crippen LogP contribution < -0.4 is 10.2 Å². The van der Waals surface area contributed by atoms with Crippen molar-refractivity contribution in [3.05, 3.63) is 46.9 Å². The van der Waals surface area contributed by atoms with E-state index < -0.39 is 5.82 Å². The molecule has 1 aliphatic rings. The maximum Gasteiger partial charge on any atom is 0.225 e. The van der Waals surface area contributed by atoms with Crippen molar-refractivity contribution in [3.8, 4) is 0 Å². The Labute approximate surface area is 154 Å². The molecule has 0 spiro atoms. The number of carbonyl (C=O) groups excluding carboxylic acids is 1. The third-order valence-electron chi connectivity index (χ3n) is 4.07. The Morgan fingerprint density at radius 3 is 2.60 bits per heavy atom. The average Bonchev–Trinajstić information content (AvgIpc) is 2.63. The number of nitrogens with one attached hydrogen (secondary N) is 1. The Balaban J connectivity index is 1.43. The van der Waals surface area contributed by atoms with Crippen LogP contribution in [0.2, 0.25) is 0 Å². The average molecular weight is 408 g/mol. The quantitative estimate of drug-likeness (QED) is 0.824. The third-order valence-corrected chi connectivity index (χ3v) is 4.56. The van der Waals surface area contributed by atoms with Crippen molar-refractivity contribution < 1.29 is 9.18 Å². The van der Waals surface area contributed by atoms with E-state index in [4.69, 9.17) is 0 Å². The van der Waals surface area contributed by atoms with Gasteiger partial charge in [-0.05, 0) is 24.3 Å². The monoisotopic (exact) mass is 407 g/mol. The molecule has 0 saturated carbocycles. The van der Waals surface area contributed by atoms with Crippen LogP contribution in [-0.2, 0) is 4.79 Å². The molecule has 0 radical (unpaired) electrons. The van der Waals surface area contributed by atoms with Gasteiger partial charge in [0.15, 0.2) is 0 Å². The Kier molecular flexibility index (Phi) is 5.93. The number of piperazine rings is 1. The van der Waals surface area contributed by atoms with Gasteiger partial charge in [0.1, 0.15) is 5.82 Å². The van der Waals surface area contributed by atoms with Gasteiger partial charge in [-0.25, -0.2) is 14.4 Å². The molecule has 2 aromatic rings. The van der Waals surface area contributed by atoms with Gasteiger partial charge in [0, 0.05) is 56.0 Å². The van der Waals surface area contributed by atoms with Gasteiger partial charge >= 0.3 is 0 Å². The summed E-state index contributed by atoms with van der Waals surface area (Å²) in [5.41, 5.74) is 0.208. The van der Waals surface area contributed by atoms with Gasteiger partial charge < -0.3 is 10.2 Å². The zero-order chi connectivity index (χ0) is 17.6. The minimum atomic E-state index is -0.445. The van der Waals surface area contributed by atoms with Gasteiger partial charge in [-0.1, -0.05) is 15.9 Å². The molecule has 0 atom stereocenters. The minimum Gasteiger partial charge on any atom is -0.338 e. The van der Waals surface area contributed by atoms with Crippen molar-refractivity contribution in [2.45, 2.75) is 6.42 Å². The molecule has 1 aromatic carbocycles. The van der Waals surface area contributed by atoms with Gasteiger partial charge in [-0.3, -0.25) is 9.69 Å². The molecule has 1 aromatic heterocycles. The Hall–Kier alpha value is -2.06. The number of nitrogens with zero attached hydrogens (tertiary/aromatic N) is 4. The van der Waals surface area contributed by atoms with E-state index in [-0.39, 0.29) is 11.6 Å². The molecule has 25 heavy (non-hydrogen) atoms. The number of halogens is 2. The zero-order valence-electron chi connectivity index (χ0n) is 13.7. The van der Waals surface area contributed by atoms with E-state index in [1.54, 1.807) is 30.6 Å². The topological polar surface area (TPSA) is 61.4 Å². The Morgan fingerprint density at radius 1 is 1.20 bits per heavy atom. The number of benzene rings is 1. The van der Waals surface area contributed by atoms with E-state index in [1.165, 1.54) is 6.07 Å². The van der Waals surface area contributed by atoms with Crippen molar-refractivity contribution in [1.29, 1.82) is 0 Å². The molecule has 6 nitrogen and oxygen atoms in total. The lowest BCUT2D eigenvalue weighted by molar-refractivity contribution is -0.116. The Bertz CT molecular complexity index is 722. The number of aromatic nitrogens is 2. The van der Waals surface area contributed by atoms with E-state index >= 15 is 0 Å². The fourth-order valence-electron chi connectivity index (χ4n) is 2.69. The van der Waals surface area contributed by atoms with Crippen LogP contribution in [0.5, 0.6) is 0 Å². The molecular weight excluding hydrogens is 389 g/mol. The fourth-order valence-corrected chi connectivity index (χ4v) is 3.02. The first-order valence-electron chi connectivity index (χ1n) is 8.11. The first-order valence-corrected chi connectivity index (χ1v) is 8.90. The van der Waals surface area contributed by atoms with E-state index in [0.29, 0.717) is 17.4 Å². The van der Waals surface area contributed by atoms with Crippen molar-refractivity contribution >= 4 is 33.5 Å². The molecular formula is C17H19BrFN5O. The normalized spacial score (nSPS) is 15.2. The molecule has 1 N–H and O–H groups in total. The van der Waals surface area contributed by atoms with E-state index in [1.807, 2.05) is 0 Å².